The van der Waals surface area contributed by atoms with Crippen molar-refractivity contribution in [3.8, 4) is 5.75 Å². The summed E-state index contributed by atoms with van der Waals surface area (Å²) in [6.07, 6.45) is 8.24. The number of benzene rings is 1. The lowest BCUT2D eigenvalue weighted by atomic mass is 9.46. The number of nitrogens with one attached hydrogen (secondary N) is 1. The Kier molecular flexibility index (Phi) is 7.71. The molecule has 0 bridgehead atoms. The van der Waals surface area contributed by atoms with E-state index in [1.165, 1.54) is 11.6 Å². The molecule has 7 atom stereocenters. The van der Waals surface area contributed by atoms with E-state index in [2.05, 4.69) is 25.5 Å². The first-order chi connectivity index (χ1) is 19.1. The summed E-state index contributed by atoms with van der Waals surface area (Å²) in [5.41, 5.74) is 1.61. The summed E-state index contributed by atoms with van der Waals surface area (Å²) < 4.78 is 68.1. The van der Waals surface area contributed by atoms with Crippen LogP contribution in [0.2, 0.25) is 0 Å². The van der Waals surface area contributed by atoms with E-state index >= 15 is 0 Å². The highest BCUT2D eigenvalue weighted by atomic mass is 32.2. The van der Waals surface area contributed by atoms with Crippen LogP contribution in [0.15, 0.2) is 53.0 Å². The highest BCUT2D eigenvalue weighted by Gasteiger charge is 2.59. The molecule has 4 unspecified atom stereocenters. The molecular weight excluding hydrogens is 555 g/mol. The number of hydrogen-bond acceptors (Lipinski definition) is 5. The molecule has 224 valence electrons. The Hall–Kier alpha value is -2.62. The normalized spacial score (nSPS) is 34.3. The second kappa shape index (κ2) is 10.6. The molecule has 5 rings (SSSR count). The standard InChI is InChI=1S/C31H38F3NO5S/c1-19(4-13-28(37)35-41(38,39)23-8-6-22(7-9-23)40-31(32,33)34)25-11-12-26-24-10-5-20-18-21(36)14-16-29(20,2)27(24)15-17-30(25,26)3/h4,6-9,13,18-19,24-27H,5,10-12,14-17H2,1-3H3,(H,35,37)/b13-4+/t19-,24?,25?,26?,27?,29+,30-/m1/s1. The molecule has 41 heavy (non-hydrogen) atoms. The fourth-order valence-corrected chi connectivity index (χ4v) is 9.83. The number of alkyl halides is 3. The number of hydrogen-bond donors (Lipinski definition) is 1. The van der Waals surface area contributed by atoms with Gasteiger partial charge in [-0.15, -0.1) is 13.2 Å². The molecule has 3 fully saturated rings. The van der Waals surface area contributed by atoms with Gasteiger partial charge < -0.3 is 4.74 Å². The molecule has 6 nitrogen and oxygen atoms in total. The van der Waals surface area contributed by atoms with Crippen LogP contribution in [0.25, 0.3) is 0 Å². The van der Waals surface area contributed by atoms with Crippen molar-refractivity contribution >= 4 is 21.7 Å². The first-order valence-electron chi connectivity index (χ1n) is 14.5. The van der Waals surface area contributed by atoms with Crippen molar-refractivity contribution < 1.29 is 35.9 Å². The van der Waals surface area contributed by atoms with Crippen molar-refractivity contribution in [2.24, 2.45) is 40.4 Å². The van der Waals surface area contributed by atoms with E-state index in [1.54, 1.807) is 6.08 Å². The summed E-state index contributed by atoms with van der Waals surface area (Å²) >= 11 is 0. The van der Waals surface area contributed by atoms with Gasteiger partial charge in [-0.3, -0.25) is 9.59 Å². The van der Waals surface area contributed by atoms with Gasteiger partial charge in [0, 0.05) is 12.5 Å². The van der Waals surface area contributed by atoms with Crippen LogP contribution >= 0.6 is 0 Å². The van der Waals surface area contributed by atoms with Gasteiger partial charge in [0.2, 0.25) is 0 Å². The largest absolute Gasteiger partial charge is 0.573 e. The number of allylic oxidation sites excluding steroid dienone is 2. The van der Waals surface area contributed by atoms with Gasteiger partial charge in [-0.1, -0.05) is 32.4 Å². The monoisotopic (exact) mass is 593 g/mol. The third kappa shape index (κ3) is 5.73. The van der Waals surface area contributed by atoms with E-state index in [0.29, 0.717) is 30.1 Å². The molecule has 0 aromatic heterocycles. The van der Waals surface area contributed by atoms with Gasteiger partial charge >= 0.3 is 6.36 Å². The molecular formula is C31H38F3NO5S. The molecule has 4 aliphatic carbocycles. The first kappa shape index (κ1) is 29.9. The molecule has 1 aromatic carbocycles. The lowest BCUT2D eigenvalue weighted by molar-refractivity contribution is -0.274. The van der Waals surface area contributed by atoms with E-state index in [1.807, 2.05) is 10.8 Å². The van der Waals surface area contributed by atoms with Crippen LogP contribution < -0.4 is 9.46 Å². The number of halogens is 3. The van der Waals surface area contributed by atoms with Crippen LogP contribution in [-0.4, -0.2) is 26.5 Å². The van der Waals surface area contributed by atoms with E-state index in [0.717, 1.165) is 69.2 Å². The number of carbonyl (C=O) groups excluding carboxylic acids is 2. The molecule has 1 aromatic rings. The summed E-state index contributed by atoms with van der Waals surface area (Å²) in [6.45, 7) is 6.85. The minimum Gasteiger partial charge on any atom is -0.406 e. The van der Waals surface area contributed by atoms with E-state index in [4.69, 9.17) is 0 Å². The van der Waals surface area contributed by atoms with Crippen LogP contribution in [0.3, 0.4) is 0 Å². The number of ether oxygens (including phenoxy) is 1. The zero-order chi connectivity index (χ0) is 29.8. The average molecular weight is 594 g/mol. The summed E-state index contributed by atoms with van der Waals surface area (Å²) in [5.74, 6) is 1.17. The van der Waals surface area contributed by atoms with E-state index in [-0.39, 0.29) is 27.4 Å². The maximum atomic E-state index is 12.6. The molecule has 0 saturated heterocycles. The molecule has 3 saturated carbocycles. The van der Waals surface area contributed by atoms with Crippen molar-refractivity contribution in [1.82, 2.24) is 4.72 Å². The fraction of sp³-hybridized carbons (Fsp3) is 0.613. The molecule has 1 N–H and O–H groups in total. The van der Waals surface area contributed by atoms with Gasteiger partial charge in [-0.05, 0) is 116 Å². The zero-order valence-electron chi connectivity index (χ0n) is 23.7. The van der Waals surface area contributed by atoms with Gasteiger partial charge in [0.15, 0.2) is 5.78 Å². The predicted octanol–water partition coefficient (Wildman–Crippen LogP) is 6.73. The van der Waals surface area contributed by atoms with E-state index < -0.39 is 28.0 Å². The van der Waals surface area contributed by atoms with Gasteiger partial charge in [-0.2, -0.15) is 0 Å². The number of carbonyl (C=O) groups is 2. The molecule has 0 heterocycles. The topological polar surface area (TPSA) is 89.5 Å². The molecule has 0 aliphatic heterocycles. The van der Waals surface area contributed by atoms with Crippen LogP contribution in [0.1, 0.15) is 72.1 Å². The molecule has 10 heteroatoms. The second-order valence-corrected chi connectivity index (χ2v) is 14.6. The third-order valence-electron chi connectivity index (χ3n) is 10.8. The Labute approximate surface area is 239 Å². The SMILES string of the molecule is C[C@H](/C=C/C(=O)NS(=O)(=O)c1ccc(OC(F)(F)F)cc1)C1CCC2C3CCC4=CC(=O)CC[C@]4(C)C3CC[C@@]21C. The summed E-state index contributed by atoms with van der Waals surface area (Å²) in [6, 6.07) is 3.67. The van der Waals surface area contributed by atoms with Crippen LogP contribution in [-0.2, 0) is 19.6 Å². The number of rotatable bonds is 6. The Morgan fingerprint density at radius 1 is 1.05 bits per heavy atom. The van der Waals surface area contributed by atoms with Crippen LogP contribution in [0, 0.1) is 40.4 Å². The second-order valence-electron chi connectivity index (χ2n) is 12.9. The van der Waals surface area contributed by atoms with Gasteiger partial charge in [-0.25, -0.2) is 13.1 Å². The minimum absolute atomic E-state index is 0.0655. The van der Waals surface area contributed by atoms with Crippen molar-refractivity contribution in [1.29, 1.82) is 0 Å². The number of sulfonamides is 1. The molecule has 4 aliphatic rings. The summed E-state index contributed by atoms with van der Waals surface area (Å²) in [7, 11) is -4.26. The maximum Gasteiger partial charge on any atom is 0.573 e. The Bertz CT molecular complexity index is 1370. The Balaban J connectivity index is 1.22. The van der Waals surface area contributed by atoms with Crippen molar-refractivity contribution in [2.45, 2.75) is 83.4 Å². The van der Waals surface area contributed by atoms with E-state index in [9.17, 15) is 31.2 Å². The van der Waals surface area contributed by atoms with Crippen LogP contribution in [0.4, 0.5) is 13.2 Å². The quantitative estimate of drug-likeness (QED) is 0.370. The van der Waals surface area contributed by atoms with Crippen LogP contribution in [0.5, 0.6) is 5.75 Å². The maximum absolute atomic E-state index is 12.6. The van der Waals surface area contributed by atoms with Gasteiger partial charge in [0.1, 0.15) is 5.75 Å². The number of fused-ring (bicyclic) bond motifs is 5. The lowest BCUT2D eigenvalue weighted by Gasteiger charge is -2.58. The highest BCUT2D eigenvalue weighted by Crippen LogP contribution is 2.67. The predicted molar refractivity (Wildman–Crippen MR) is 147 cm³/mol. The number of amides is 1. The fourth-order valence-electron chi connectivity index (χ4n) is 8.88. The van der Waals surface area contributed by atoms with Crippen molar-refractivity contribution in [2.75, 3.05) is 0 Å². The molecule has 0 radical (unpaired) electrons. The van der Waals surface area contributed by atoms with Crippen molar-refractivity contribution in [3.63, 3.8) is 0 Å². The average Bonchev–Trinajstić information content (AvgIpc) is 3.24. The van der Waals surface area contributed by atoms with Crippen molar-refractivity contribution in [3.05, 3.63) is 48.1 Å². The molecule has 0 spiro atoms. The third-order valence-corrected chi connectivity index (χ3v) is 12.2. The minimum atomic E-state index is -4.89. The van der Waals surface area contributed by atoms with Gasteiger partial charge in [0.25, 0.3) is 15.9 Å². The lowest BCUT2D eigenvalue weighted by Crippen LogP contribution is -2.50. The van der Waals surface area contributed by atoms with Gasteiger partial charge in [0.05, 0.1) is 4.90 Å². The number of ketones is 1. The first-order valence-corrected chi connectivity index (χ1v) is 16.0. The summed E-state index contributed by atoms with van der Waals surface area (Å²) in [4.78, 5) is 24.3. The smallest absolute Gasteiger partial charge is 0.406 e. The molecule has 1 amide bonds. The Morgan fingerprint density at radius 2 is 1.76 bits per heavy atom. The summed E-state index contributed by atoms with van der Waals surface area (Å²) in [5, 5.41) is 0. The zero-order valence-corrected chi connectivity index (χ0v) is 24.5. The highest BCUT2D eigenvalue weighted by molar-refractivity contribution is 7.90. The Morgan fingerprint density at radius 3 is 2.44 bits per heavy atom.